The molecule has 12 heteroatoms. The number of nitrogens with zero attached hydrogens (tertiary/aromatic N) is 3. The second-order valence-corrected chi connectivity index (χ2v) is 9.61. The molecule has 0 aliphatic heterocycles. The maximum absolute atomic E-state index is 12.7. The predicted octanol–water partition coefficient (Wildman–Crippen LogP) is 4.35. The highest BCUT2D eigenvalue weighted by Gasteiger charge is 2.29. The first-order chi connectivity index (χ1) is 16.6. The summed E-state index contributed by atoms with van der Waals surface area (Å²) in [4.78, 5) is 23.0. The zero-order valence-corrected chi connectivity index (χ0v) is 20.2. The molecule has 1 atom stereocenters. The Morgan fingerprint density at radius 2 is 1.74 bits per heavy atom. The SMILES string of the molecule is C[C@H](C(=O)N/N=C\c1cc([N+](=O)[O-])ccc1Cl)N(c1ccc(Oc2ccccc2)cc1)S(C)(=O)=O. The Hall–Kier alpha value is -3.96. The minimum Gasteiger partial charge on any atom is -0.457 e. The molecule has 0 aliphatic carbocycles. The summed E-state index contributed by atoms with van der Waals surface area (Å²) >= 11 is 6.01. The van der Waals surface area contributed by atoms with Crippen LogP contribution in [0.25, 0.3) is 0 Å². The van der Waals surface area contributed by atoms with Crippen molar-refractivity contribution in [2.24, 2.45) is 5.10 Å². The van der Waals surface area contributed by atoms with E-state index < -0.39 is 26.9 Å². The van der Waals surface area contributed by atoms with Gasteiger partial charge in [-0.2, -0.15) is 5.10 Å². The first-order valence-electron chi connectivity index (χ1n) is 10.2. The van der Waals surface area contributed by atoms with Crippen LogP contribution in [0.2, 0.25) is 5.02 Å². The smallest absolute Gasteiger partial charge is 0.270 e. The van der Waals surface area contributed by atoms with Crippen LogP contribution in [0.4, 0.5) is 11.4 Å². The first-order valence-corrected chi connectivity index (χ1v) is 12.4. The molecule has 182 valence electrons. The summed E-state index contributed by atoms with van der Waals surface area (Å²) in [6.45, 7) is 1.40. The molecule has 3 aromatic carbocycles. The molecule has 0 unspecified atom stereocenters. The molecule has 0 fully saturated rings. The zero-order valence-electron chi connectivity index (χ0n) is 18.7. The number of hydrogen-bond acceptors (Lipinski definition) is 7. The fraction of sp³-hybridized carbons (Fsp3) is 0.130. The van der Waals surface area contributed by atoms with Gasteiger partial charge in [0, 0.05) is 22.7 Å². The van der Waals surface area contributed by atoms with E-state index in [0.29, 0.717) is 11.5 Å². The molecule has 3 aromatic rings. The van der Waals surface area contributed by atoms with Crippen LogP contribution in [0.3, 0.4) is 0 Å². The molecule has 0 heterocycles. The van der Waals surface area contributed by atoms with Crippen LogP contribution in [0.1, 0.15) is 12.5 Å². The van der Waals surface area contributed by atoms with Crippen molar-refractivity contribution in [3.63, 3.8) is 0 Å². The Kier molecular flexibility index (Phi) is 8.05. The summed E-state index contributed by atoms with van der Waals surface area (Å²) in [5.41, 5.74) is 2.51. The van der Waals surface area contributed by atoms with Crippen molar-refractivity contribution in [3.05, 3.63) is 93.5 Å². The van der Waals surface area contributed by atoms with Crippen LogP contribution in [0.15, 0.2) is 77.9 Å². The first kappa shape index (κ1) is 25.7. The van der Waals surface area contributed by atoms with Gasteiger partial charge < -0.3 is 4.74 Å². The van der Waals surface area contributed by atoms with Crippen molar-refractivity contribution >= 4 is 45.1 Å². The molecular formula is C23H21ClN4O6S. The van der Waals surface area contributed by atoms with Crippen molar-refractivity contribution in [3.8, 4) is 11.5 Å². The molecular weight excluding hydrogens is 496 g/mol. The number of halogens is 1. The summed E-state index contributed by atoms with van der Waals surface area (Å²) in [5.74, 6) is 0.386. The van der Waals surface area contributed by atoms with Crippen molar-refractivity contribution in [2.45, 2.75) is 13.0 Å². The molecule has 0 saturated heterocycles. The lowest BCUT2D eigenvalue weighted by atomic mass is 10.2. The summed E-state index contributed by atoms with van der Waals surface area (Å²) in [7, 11) is -3.85. The highest BCUT2D eigenvalue weighted by atomic mass is 35.5. The second-order valence-electron chi connectivity index (χ2n) is 7.34. The number of benzene rings is 3. The molecule has 0 bridgehead atoms. The lowest BCUT2D eigenvalue weighted by Crippen LogP contribution is -2.46. The molecule has 0 aromatic heterocycles. The number of carbonyl (C=O) groups is 1. The largest absolute Gasteiger partial charge is 0.457 e. The van der Waals surface area contributed by atoms with Crippen LogP contribution in [-0.2, 0) is 14.8 Å². The minimum absolute atomic E-state index is 0.192. The van der Waals surface area contributed by atoms with E-state index in [9.17, 15) is 23.3 Å². The number of anilines is 1. The van der Waals surface area contributed by atoms with E-state index in [1.54, 1.807) is 24.3 Å². The van der Waals surface area contributed by atoms with Crippen molar-refractivity contribution in [1.29, 1.82) is 0 Å². The highest BCUT2D eigenvalue weighted by molar-refractivity contribution is 7.92. The van der Waals surface area contributed by atoms with Gasteiger partial charge in [-0.3, -0.25) is 19.2 Å². The average Bonchev–Trinajstić information content (AvgIpc) is 2.81. The number of sulfonamides is 1. The van der Waals surface area contributed by atoms with Crippen LogP contribution >= 0.6 is 11.6 Å². The van der Waals surface area contributed by atoms with Gasteiger partial charge in [-0.25, -0.2) is 13.8 Å². The number of non-ortho nitro benzene ring substituents is 1. The number of rotatable bonds is 9. The van der Waals surface area contributed by atoms with E-state index in [0.717, 1.165) is 16.8 Å². The van der Waals surface area contributed by atoms with Crippen LogP contribution in [0.5, 0.6) is 11.5 Å². The fourth-order valence-electron chi connectivity index (χ4n) is 3.10. The summed E-state index contributed by atoms with van der Waals surface area (Å²) < 4.78 is 31.6. The van der Waals surface area contributed by atoms with Gasteiger partial charge in [0.05, 0.1) is 23.1 Å². The van der Waals surface area contributed by atoms with Gasteiger partial charge in [-0.1, -0.05) is 29.8 Å². The fourth-order valence-corrected chi connectivity index (χ4v) is 4.44. The number of nitro groups is 1. The van der Waals surface area contributed by atoms with Crippen molar-refractivity contribution < 1.29 is 22.9 Å². The average molecular weight is 517 g/mol. The molecule has 0 spiro atoms. The second kappa shape index (κ2) is 11.0. The number of nitro benzene ring substituents is 1. The summed E-state index contributed by atoms with van der Waals surface area (Å²) in [5, 5.41) is 14.9. The predicted molar refractivity (Wildman–Crippen MR) is 134 cm³/mol. The van der Waals surface area contributed by atoms with E-state index >= 15 is 0 Å². The maximum atomic E-state index is 12.7. The van der Waals surface area contributed by atoms with Gasteiger partial charge in [0.15, 0.2) is 0 Å². The molecule has 3 rings (SSSR count). The van der Waals surface area contributed by atoms with Crippen LogP contribution in [0, 0.1) is 10.1 Å². The molecule has 1 amide bonds. The van der Waals surface area contributed by atoms with E-state index in [1.807, 2.05) is 18.2 Å². The molecule has 35 heavy (non-hydrogen) atoms. The third-order valence-corrected chi connectivity index (χ3v) is 6.31. The Bertz CT molecular complexity index is 1350. The Morgan fingerprint density at radius 1 is 1.11 bits per heavy atom. The third-order valence-electron chi connectivity index (χ3n) is 4.73. The quantitative estimate of drug-likeness (QED) is 0.255. The number of hydrazone groups is 1. The standard InChI is InChI=1S/C23H21ClN4O6S/c1-16(23(29)26-25-15-17-14-19(28(30)31)10-13-22(17)24)27(35(2,32)33)18-8-11-21(12-9-18)34-20-6-4-3-5-7-20/h3-16H,1-2H3,(H,26,29)/b25-15-/t16-/m1/s1. The molecule has 0 aliphatic rings. The number of carbonyl (C=O) groups excluding carboxylic acids is 1. The molecule has 0 saturated carbocycles. The Morgan fingerprint density at radius 3 is 2.34 bits per heavy atom. The molecule has 1 N–H and O–H groups in total. The number of ether oxygens (including phenoxy) is 1. The van der Waals surface area contributed by atoms with Gasteiger partial charge >= 0.3 is 0 Å². The van der Waals surface area contributed by atoms with Gasteiger partial charge in [0.2, 0.25) is 10.0 Å². The highest BCUT2D eigenvalue weighted by Crippen LogP contribution is 2.27. The topological polar surface area (TPSA) is 131 Å². The van der Waals surface area contributed by atoms with Gasteiger partial charge in [0.1, 0.15) is 17.5 Å². The summed E-state index contributed by atoms with van der Waals surface area (Å²) in [6.07, 6.45) is 2.12. The normalized spacial score (nSPS) is 12.2. The third kappa shape index (κ3) is 6.78. The number of amides is 1. The van der Waals surface area contributed by atoms with E-state index in [2.05, 4.69) is 10.5 Å². The Labute approximate surface area is 207 Å². The van der Waals surface area contributed by atoms with Gasteiger partial charge in [-0.05, 0) is 49.4 Å². The minimum atomic E-state index is -3.85. The van der Waals surface area contributed by atoms with Gasteiger partial charge in [-0.15, -0.1) is 0 Å². The number of para-hydroxylation sites is 1. The van der Waals surface area contributed by atoms with Crippen LogP contribution in [-0.4, -0.2) is 37.8 Å². The van der Waals surface area contributed by atoms with Gasteiger partial charge in [0.25, 0.3) is 11.6 Å². The molecule has 0 radical (unpaired) electrons. The lowest BCUT2D eigenvalue weighted by molar-refractivity contribution is -0.384. The Balaban J connectivity index is 1.75. The van der Waals surface area contributed by atoms with E-state index in [4.69, 9.17) is 16.3 Å². The van der Waals surface area contributed by atoms with E-state index in [1.165, 1.54) is 37.3 Å². The number of hydrogen-bond donors (Lipinski definition) is 1. The maximum Gasteiger partial charge on any atom is 0.270 e. The van der Waals surface area contributed by atoms with Crippen LogP contribution < -0.4 is 14.5 Å². The zero-order chi connectivity index (χ0) is 25.6. The summed E-state index contributed by atoms with van der Waals surface area (Å²) in [6, 6.07) is 17.9. The lowest BCUT2D eigenvalue weighted by Gasteiger charge is -2.27. The monoisotopic (exact) mass is 516 g/mol. The van der Waals surface area contributed by atoms with Crippen molar-refractivity contribution in [1.82, 2.24) is 5.43 Å². The van der Waals surface area contributed by atoms with Crippen molar-refractivity contribution in [2.75, 3.05) is 10.6 Å². The number of nitrogens with one attached hydrogen (secondary N) is 1. The van der Waals surface area contributed by atoms with E-state index in [-0.39, 0.29) is 22.0 Å². The molecule has 10 nitrogen and oxygen atoms in total.